The number of nitrogens with zero attached hydrogens (tertiary/aromatic N) is 4. The Kier molecular flexibility index (Phi) is 6.08. The second-order valence-electron chi connectivity index (χ2n) is 6.62. The Labute approximate surface area is 181 Å². The summed E-state index contributed by atoms with van der Waals surface area (Å²) in [5, 5.41) is 8.78. The molecule has 0 radical (unpaired) electrons. The number of nitrogens with one attached hydrogen (secondary N) is 1. The summed E-state index contributed by atoms with van der Waals surface area (Å²) in [6, 6.07) is 13.1. The molecule has 1 N–H and O–H groups in total. The molecule has 2 heterocycles. The first kappa shape index (κ1) is 20.7. The SMILES string of the molecule is COc1ccccc1N1N=CC2C(=O)N=C(SCC(=O)NCc3ccc(F)cc3)N=C21. The van der Waals surface area contributed by atoms with Crippen molar-refractivity contribution in [1.82, 2.24) is 5.32 Å². The van der Waals surface area contributed by atoms with E-state index < -0.39 is 5.92 Å². The van der Waals surface area contributed by atoms with Crippen molar-refractivity contribution in [3.63, 3.8) is 0 Å². The van der Waals surface area contributed by atoms with Gasteiger partial charge in [0.2, 0.25) is 5.91 Å². The number of aliphatic imine (C=N–C) groups is 2. The van der Waals surface area contributed by atoms with Crippen LogP contribution in [0.2, 0.25) is 0 Å². The van der Waals surface area contributed by atoms with Crippen LogP contribution >= 0.6 is 11.8 Å². The lowest BCUT2D eigenvalue weighted by Crippen LogP contribution is -2.34. The van der Waals surface area contributed by atoms with Crippen LogP contribution in [0.5, 0.6) is 5.75 Å². The number of amides is 2. The molecule has 2 amide bonds. The molecule has 1 unspecified atom stereocenters. The van der Waals surface area contributed by atoms with E-state index in [1.165, 1.54) is 18.3 Å². The van der Waals surface area contributed by atoms with E-state index in [-0.39, 0.29) is 35.1 Å². The minimum Gasteiger partial charge on any atom is -0.494 e. The van der Waals surface area contributed by atoms with Gasteiger partial charge in [0.15, 0.2) is 11.0 Å². The number of carbonyl (C=O) groups is 2. The van der Waals surface area contributed by atoms with Crippen LogP contribution in [0, 0.1) is 11.7 Å². The average molecular weight is 439 g/mol. The van der Waals surface area contributed by atoms with Crippen molar-refractivity contribution in [2.75, 3.05) is 17.9 Å². The molecule has 31 heavy (non-hydrogen) atoms. The fourth-order valence-electron chi connectivity index (χ4n) is 3.01. The Morgan fingerprint density at radius 2 is 1.97 bits per heavy atom. The number of halogens is 1. The highest BCUT2D eigenvalue weighted by Crippen LogP contribution is 2.33. The normalized spacial score (nSPS) is 17.2. The van der Waals surface area contributed by atoms with Gasteiger partial charge in [-0.05, 0) is 29.8 Å². The number of methoxy groups -OCH3 is 1. The molecular weight excluding hydrogens is 421 g/mol. The van der Waals surface area contributed by atoms with Crippen molar-refractivity contribution in [3.05, 3.63) is 59.9 Å². The van der Waals surface area contributed by atoms with E-state index in [2.05, 4.69) is 20.4 Å². The van der Waals surface area contributed by atoms with Gasteiger partial charge in [0.1, 0.15) is 23.2 Å². The molecule has 0 aromatic heterocycles. The van der Waals surface area contributed by atoms with Crippen LogP contribution in [-0.4, -0.2) is 41.9 Å². The Morgan fingerprint density at radius 1 is 1.19 bits per heavy atom. The number of hydrazone groups is 1. The van der Waals surface area contributed by atoms with Crippen LogP contribution in [-0.2, 0) is 16.1 Å². The van der Waals surface area contributed by atoms with Gasteiger partial charge < -0.3 is 10.1 Å². The summed E-state index contributed by atoms with van der Waals surface area (Å²) in [7, 11) is 1.55. The number of hydrogen-bond donors (Lipinski definition) is 1. The van der Waals surface area contributed by atoms with Gasteiger partial charge in [0.05, 0.1) is 12.9 Å². The monoisotopic (exact) mass is 439 g/mol. The van der Waals surface area contributed by atoms with Crippen LogP contribution < -0.4 is 15.1 Å². The van der Waals surface area contributed by atoms with Gasteiger partial charge in [-0.1, -0.05) is 36.0 Å². The lowest BCUT2D eigenvalue weighted by Gasteiger charge is -2.21. The Balaban J connectivity index is 1.41. The van der Waals surface area contributed by atoms with Crippen molar-refractivity contribution in [1.29, 1.82) is 0 Å². The summed E-state index contributed by atoms with van der Waals surface area (Å²) in [6.45, 7) is 0.275. The third-order valence-electron chi connectivity index (χ3n) is 4.56. The van der Waals surface area contributed by atoms with Crippen LogP contribution in [0.3, 0.4) is 0 Å². The number of hydrogen-bond acceptors (Lipinski definition) is 7. The molecule has 0 bridgehead atoms. The van der Waals surface area contributed by atoms with E-state index in [0.29, 0.717) is 17.3 Å². The van der Waals surface area contributed by atoms with Crippen LogP contribution in [0.1, 0.15) is 5.56 Å². The predicted molar refractivity (Wildman–Crippen MR) is 118 cm³/mol. The highest BCUT2D eigenvalue weighted by atomic mass is 32.2. The number of carbonyl (C=O) groups excluding carboxylic acids is 2. The summed E-state index contributed by atoms with van der Waals surface area (Å²) in [5.41, 5.74) is 1.43. The van der Waals surface area contributed by atoms with Gasteiger partial charge in [-0.2, -0.15) is 10.1 Å². The third kappa shape index (κ3) is 4.64. The van der Waals surface area contributed by atoms with Crippen molar-refractivity contribution < 1.29 is 18.7 Å². The molecule has 0 saturated heterocycles. The topological polar surface area (TPSA) is 95.7 Å². The summed E-state index contributed by atoms with van der Waals surface area (Å²) in [6.07, 6.45) is 1.49. The van der Waals surface area contributed by atoms with Gasteiger partial charge in [0, 0.05) is 12.8 Å². The van der Waals surface area contributed by atoms with E-state index in [0.717, 1.165) is 17.3 Å². The minimum atomic E-state index is -0.665. The highest BCUT2D eigenvalue weighted by Gasteiger charge is 2.37. The van der Waals surface area contributed by atoms with E-state index in [1.807, 2.05) is 18.2 Å². The molecule has 0 fully saturated rings. The van der Waals surface area contributed by atoms with Gasteiger partial charge in [-0.3, -0.25) is 9.59 Å². The zero-order chi connectivity index (χ0) is 21.8. The summed E-state index contributed by atoms with van der Waals surface area (Å²) in [5.74, 6) is -0.602. The molecule has 2 aliphatic heterocycles. The van der Waals surface area contributed by atoms with E-state index in [4.69, 9.17) is 4.74 Å². The maximum atomic E-state index is 13.0. The molecule has 158 valence electrons. The number of ether oxygens (including phenoxy) is 1. The molecule has 1 atom stereocenters. The number of benzene rings is 2. The second kappa shape index (κ2) is 9.09. The lowest BCUT2D eigenvalue weighted by atomic mass is 10.1. The first-order valence-corrected chi connectivity index (χ1v) is 10.4. The van der Waals surface area contributed by atoms with Crippen LogP contribution in [0.15, 0.2) is 63.6 Å². The van der Waals surface area contributed by atoms with Crippen molar-refractivity contribution in [2.45, 2.75) is 6.54 Å². The van der Waals surface area contributed by atoms with E-state index >= 15 is 0 Å². The van der Waals surface area contributed by atoms with E-state index in [9.17, 15) is 14.0 Å². The lowest BCUT2D eigenvalue weighted by molar-refractivity contribution is -0.119. The van der Waals surface area contributed by atoms with Crippen LogP contribution in [0.4, 0.5) is 10.1 Å². The molecular formula is C21H18FN5O3S. The molecule has 0 aliphatic carbocycles. The molecule has 4 rings (SSSR count). The Morgan fingerprint density at radius 3 is 2.74 bits per heavy atom. The number of thioether (sulfide) groups is 1. The van der Waals surface area contributed by atoms with Crippen molar-refractivity contribution >= 4 is 46.5 Å². The second-order valence-corrected chi connectivity index (χ2v) is 7.56. The minimum absolute atomic E-state index is 0.0320. The Hall–Kier alpha value is -3.53. The summed E-state index contributed by atoms with van der Waals surface area (Å²) in [4.78, 5) is 33.0. The van der Waals surface area contributed by atoms with E-state index in [1.54, 1.807) is 30.3 Å². The molecule has 2 aromatic rings. The predicted octanol–water partition coefficient (Wildman–Crippen LogP) is 2.60. The number of para-hydroxylation sites is 2. The largest absolute Gasteiger partial charge is 0.494 e. The maximum Gasteiger partial charge on any atom is 0.264 e. The highest BCUT2D eigenvalue weighted by molar-refractivity contribution is 8.14. The van der Waals surface area contributed by atoms with Crippen LogP contribution in [0.25, 0.3) is 0 Å². The standard InChI is InChI=1S/C21H18FN5O3S/c1-30-17-5-3-2-4-16(17)27-19-15(11-24-27)20(29)26-21(25-19)31-12-18(28)23-10-13-6-8-14(22)9-7-13/h2-9,11,15H,10,12H2,1H3,(H,23,28). The molecule has 0 spiro atoms. The van der Waals surface area contributed by atoms with Gasteiger partial charge >= 0.3 is 0 Å². The smallest absolute Gasteiger partial charge is 0.264 e. The quantitative estimate of drug-likeness (QED) is 0.747. The van der Waals surface area contributed by atoms with Crippen molar-refractivity contribution in [2.24, 2.45) is 21.0 Å². The van der Waals surface area contributed by atoms with Gasteiger partial charge in [-0.15, -0.1) is 0 Å². The summed E-state index contributed by atoms with van der Waals surface area (Å²) >= 11 is 1.06. The zero-order valence-electron chi connectivity index (χ0n) is 16.5. The maximum absolute atomic E-state index is 13.0. The van der Waals surface area contributed by atoms with Crippen molar-refractivity contribution in [3.8, 4) is 5.75 Å². The molecule has 10 heteroatoms. The molecule has 2 aliphatic rings. The van der Waals surface area contributed by atoms with Gasteiger partial charge in [0.25, 0.3) is 5.91 Å². The first-order valence-electron chi connectivity index (χ1n) is 9.37. The summed E-state index contributed by atoms with van der Waals surface area (Å²) < 4.78 is 18.3. The number of amidine groups is 2. The fraction of sp³-hybridized carbons (Fsp3) is 0.190. The number of anilines is 1. The zero-order valence-corrected chi connectivity index (χ0v) is 17.3. The average Bonchev–Trinajstić information content (AvgIpc) is 3.21. The first-order chi connectivity index (χ1) is 15.0. The fourth-order valence-corrected chi connectivity index (χ4v) is 3.68. The molecule has 2 aromatic carbocycles. The van der Waals surface area contributed by atoms with Gasteiger partial charge in [-0.25, -0.2) is 14.4 Å². The Bertz CT molecular complexity index is 1100. The molecule has 0 saturated carbocycles. The number of rotatable bonds is 6. The molecule has 8 nitrogen and oxygen atoms in total. The number of fused-ring (bicyclic) bond motifs is 1. The third-order valence-corrected chi connectivity index (χ3v) is 5.40.